The van der Waals surface area contributed by atoms with Crippen LogP contribution in [-0.4, -0.2) is 32.2 Å². The van der Waals surface area contributed by atoms with Crippen molar-refractivity contribution in [1.82, 2.24) is 5.32 Å². The van der Waals surface area contributed by atoms with E-state index in [1.54, 1.807) is 18.2 Å². The lowest BCUT2D eigenvalue weighted by atomic mass is 10.2. The molecule has 0 fully saturated rings. The van der Waals surface area contributed by atoms with Gasteiger partial charge in [0.2, 0.25) is 0 Å². The van der Waals surface area contributed by atoms with Gasteiger partial charge in [0.15, 0.2) is 6.61 Å². The smallest absolute Gasteiger partial charge is 0.332 e. The summed E-state index contributed by atoms with van der Waals surface area (Å²) in [4.78, 5) is 22.3. The fourth-order valence-corrected chi connectivity index (χ4v) is 1.39. The summed E-state index contributed by atoms with van der Waals surface area (Å²) >= 11 is 5.92. The maximum atomic E-state index is 11.4. The average Bonchev–Trinajstić information content (AvgIpc) is 2.36. The predicted octanol–water partition coefficient (Wildman–Crippen LogP) is 1.15. The summed E-state index contributed by atoms with van der Waals surface area (Å²) in [5.41, 5.74) is 0.802. The summed E-state index contributed by atoms with van der Waals surface area (Å²) in [5, 5.41) is 3.17. The van der Waals surface area contributed by atoms with Crippen molar-refractivity contribution in [2.45, 2.75) is 6.54 Å². The van der Waals surface area contributed by atoms with Gasteiger partial charge in [-0.1, -0.05) is 29.8 Å². The normalized spacial score (nSPS) is 9.89. The molecule has 0 aliphatic rings. The van der Waals surface area contributed by atoms with Crippen LogP contribution in [0.3, 0.4) is 0 Å². The first-order valence-corrected chi connectivity index (χ1v) is 5.66. The molecular formula is C12H14ClNO4. The Hall–Kier alpha value is -1.59. The van der Waals surface area contributed by atoms with E-state index in [2.05, 4.69) is 14.8 Å². The third-order valence-corrected chi connectivity index (χ3v) is 2.43. The highest BCUT2D eigenvalue weighted by Crippen LogP contribution is 2.14. The quantitative estimate of drug-likeness (QED) is 0.788. The van der Waals surface area contributed by atoms with E-state index in [0.29, 0.717) is 11.6 Å². The van der Waals surface area contributed by atoms with Crippen LogP contribution in [-0.2, 0) is 25.6 Å². The molecule has 1 amide bonds. The summed E-state index contributed by atoms with van der Waals surface area (Å²) in [6.45, 7) is -0.204. The number of hydrogen-bond donors (Lipinski definition) is 1. The highest BCUT2D eigenvalue weighted by Gasteiger charge is 2.07. The summed E-state index contributed by atoms with van der Waals surface area (Å²) in [6, 6.07) is 7.17. The Balaban J connectivity index is 2.29. The molecule has 0 radical (unpaired) electrons. The van der Waals surface area contributed by atoms with Crippen molar-refractivity contribution in [2.75, 3.05) is 20.3 Å². The van der Waals surface area contributed by atoms with Gasteiger partial charge in [0.25, 0.3) is 5.91 Å². The van der Waals surface area contributed by atoms with Crippen molar-refractivity contribution >= 4 is 23.5 Å². The number of benzene rings is 1. The summed E-state index contributed by atoms with van der Waals surface area (Å²) < 4.78 is 9.21. The van der Waals surface area contributed by atoms with Gasteiger partial charge in [-0.3, -0.25) is 4.79 Å². The third kappa shape index (κ3) is 5.16. The van der Waals surface area contributed by atoms with Crippen molar-refractivity contribution in [2.24, 2.45) is 0 Å². The molecule has 0 bridgehead atoms. The zero-order valence-corrected chi connectivity index (χ0v) is 10.7. The van der Waals surface area contributed by atoms with Crippen LogP contribution in [0.15, 0.2) is 24.3 Å². The molecule has 1 aromatic carbocycles. The highest BCUT2D eigenvalue weighted by molar-refractivity contribution is 6.31. The first-order chi connectivity index (χ1) is 8.63. The third-order valence-electron chi connectivity index (χ3n) is 2.06. The molecule has 5 nitrogen and oxygen atoms in total. The molecule has 1 aromatic rings. The molecule has 1 N–H and O–H groups in total. The Labute approximate surface area is 110 Å². The van der Waals surface area contributed by atoms with Crippen LogP contribution in [0.4, 0.5) is 0 Å². The number of carbonyl (C=O) groups excluding carboxylic acids is 2. The molecule has 0 saturated heterocycles. The number of ether oxygens (including phenoxy) is 2. The second-order valence-corrected chi connectivity index (χ2v) is 3.87. The molecule has 6 heteroatoms. The van der Waals surface area contributed by atoms with E-state index in [1.807, 2.05) is 6.07 Å². The first kappa shape index (κ1) is 14.5. The van der Waals surface area contributed by atoms with Crippen molar-refractivity contribution in [3.05, 3.63) is 34.9 Å². The lowest BCUT2D eigenvalue weighted by Gasteiger charge is -2.07. The molecule has 98 valence electrons. The zero-order chi connectivity index (χ0) is 13.4. The lowest BCUT2D eigenvalue weighted by molar-refractivity contribution is -0.152. The van der Waals surface area contributed by atoms with Crippen LogP contribution >= 0.6 is 11.6 Å². The molecule has 0 aliphatic heterocycles. The number of halogens is 1. The Morgan fingerprint density at radius 3 is 2.67 bits per heavy atom. The van der Waals surface area contributed by atoms with Gasteiger partial charge in [-0.25, -0.2) is 4.79 Å². The van der Waals surface area contributed by atoms with Crippen molar-refractivity contribution in [3.63, 3.8) is 0 Å². The Bertz CT molecular complexity index is 422. The molecular weight excluding hydrogens is 258 g/mol. The monoisotopic (exact) mass is 271 g/mol. The molecule has 0 atom stereocenters. The maximum absolute atomic E-state index is 11.4. The van der Waals surface area contributed by atoms with Crippen molar-refractivity contribution in [1.29, 1.82) is 0 Å². The Morgan fingerprint density at radius 1 is 1.28 bits per heavy atom. The molecule has 0 aromatic heterocycles. The Morgan fingerprint density at radius 2 is 2.00 bits per heavy atom. The largest absolute Gasteiger partial charge is 0.454 e. The standard InChI is InChI=1S/C12H14ClNO4/c1-17-8-12(16)18-7-11(15)14-6-9-4-2-3-5-10(9)13/h2-5H,6-8H2,1H3,(H,14,15). The van der Waals surface area contributed by atoms with Crippen LogP contribution in [0.25, 0.3) is 0 Å². The minimum Gasteiger partial charge on any atom is -0.454 e. The maximum Gasteiger partial charge on any atom is 0.332 e. The van der Waals surface area contributed by atoms with E-state index in [-0.39, 0.29) is 19.1 Å². The number of esters is 1. The van der Waals surface area contributed by atoms with E-state index in [1.165, 1.54) is 7.11 Å². The fourth-order valence-electron chi connectivity index (χ4n) is 1.19. The fraction of sp³-hybridized carbons (Fsp3) is 0.333. The number of nitrogens with one attached hydrogen (secondary N) is 1. The van der Waals surface area contributed by atoms with Crippen LogP contribution in [0.1, 0.15) is 5.56 Å². The number of rotatable bonds is 6. The van der Waals surface area contributed by atoms with Crippen LogP contribution < -0.4 is 5.32 Å². The van der Waals surface area contributed by atoms with E-state index in [4.69, 9.17) is 11.6 Å². The van der Waals surface area contributed by atoms with Gasteiger partial charge < -0.3 is 14.8 Å². The molecule has 18 heavy (non-hydrogen) atoms. The molecule has 0 aliphatic carbocycles. The molecule has 0 spiro atoms. The highest BCUT2D eigenvalue weighted by atomic mass is 35.5. The van der Waals surface area contributed by atoms with Gasteiger partial charge in [0.1, 0.15) is 6.61 Å². The summed E-state index contributed by atoms with van der Waals surface area (Å²) in [7, 11) is 1.37. The van der Waals surface area contributed by atoms with Crippen LogP contribution in [0.2, 0.25) is 5.02 Å². The molecule has 1 rings (SSSR count). The molecule has 0 saturated carbocycles. The summed E-state index contributed by atoms with van der Waals surface area (Å²) in [6.07, 6.45) is 0. The van der Waals surface area contributed by atoms with Gasteiger partial charge >= 0.3 is 5.97 Å². The van der Waals surface area contributed by atoms with Gasteiger partial charge in [-0.15, -0.1) is 0 Å². The second-order valence-electron chi connectivity index (χ2n) is 3.46. The minimum atomic E-state index is -0.578. The zero-order valence-electron chi connectivity index (χ0n) is 9.94. The van der Waals surface area contributed by atoms with E-state index < -0.39 is 5.97 Å². The molecule has 0 unspecified atom stereocenters. The Kier molecular flexibility index (Phi) is 6.18. The van der Waals surface area contributed by atoms with Gasteiger partial charge in [-0.2, -0.15) is 0 Å². The van der Waals surface area contributed by atoms with Crippen LogP contribution in [0, 0.1) is 0 Å². The average molecular weight is 272 g/mol. The number of methoxy groups -OCH3 is 1. The first-order valence-electron chi connectivity index (χ1n) is 5.28. The van der Waals surface area contributed by atoms with E-state index in [0.717, 1.165) is 5.56 Å². The van der Waals surface area contributed by atoms with Gasteiger partial charge in [0, 0.05) is 18.7 Å². The molecule has 0 heterocycles. The number of carbonyl (C=O) groups is 2. The lowest BCUT2D eigenvalue weighted by Crippen LogP contribution is -2.29. The number of amides is 1. The predicted molar refractivity (Wildman–Crippen MR) is 66.1 cm³/mol. The van der Waals surface area contributed by atoms with Crippen LogP contribution in [0.5, 0.6) is 0 Å². The van der Waals surface area contributed by atoms with Crippen molar-refractivity contribution < 1.29 is 19.1 Å². The van der Waals surface area contributed by atoms with Crippen molar-refractivity contribution in [3.8, 4) is 0 Å². The minimum absolute atomic E-state index is 0.169. The van der Waals surface area contributed by atoms with E-state index in [9.17, 15) is 9.59 Å². The second kappa shape index (κ2) is 7.68. The topological polar surface area (TPSA) is 64.6 Å². The van der Waals surface area contributed by atoms with Gasteiger partial charge in [0.05, 0.1) is 0 Å². The number of hydrogen-bond acceptors (Lipinski definition) is 4. The summed E-state index contributed by atoms with van der Waals surface area (Å²) in [5.74, 6) is -0.968. The SMILES string of the molecule is COCC(=O)OCC(=O)NCc1ccccc1Cl. The van der Waals surface area contributed by atoms with Gasteiger partial charge in [-0.05, 0) is 11.6 Å². The van der Waals surface area contributed by atoms with E-state index >= 15 is 0 Å².